The molecule has 1 aliphatic heterocycles. The first-order chi connectivity index (χ1) is 17.6. The van der Waals surface area contributed by atoms with Gasteiger partial charge in [0.25, 0.3) is 5.91 Å². The highest BCUT2D eigenvalue weighted by atomic mass is 16.7. The van der Waals surface area contributed by atoms with Gasteiger partial charge in [-0.25, -0.2) is 5.06 Å². The molecule has 1 amide bonds. The zero-order chi connectivity index (χ0) is 26.2. The number of rotatable bonds is 4. The van der Waals surface area contributed by atoms with E-state index in [1.807, 2.05) is 43.3 Å². The Bertz CT molecular complexity index is 1210. The Hall–Kier alpha value is -2.61. The van der Waals surface area contributed by atoms with Crippen molar-refractivity contribution in [2.75, 3.05) is 13.2 Å². The molecule has 1 saturated heterocycles. The third kappa shape index (κ3) is 3.33. The molecule has 0 spiro atoms. The lowest BCUT2D eigenvalue weighted by Crippen LogP contribution is -2.63. The van der Waals surface area contributed by atoms with Crippen molar-refractivity contribution >= 4 is 17.5 Å². The molecule has 2 N–H and O–H groups in total. The Morgan fingerprint density at radius 3 is 2.68 bits per heavy atom. The second-order valence-corrected chi connectivity index (χ2v) is 12.2. The number of aliphatic hydroxyl groups is 2. The largest absolute Gasteiger partial charge is 0.393 e. The molecule has 0 unspecified atom stereocenters. The molecule has 0 radical (unpaired) electrons. The van der Waals surface area contributed by atoms with Crippen molar-refractivity contribution in [1.82, 2.24) is 5.06 Å². The van der Waals surface area contributed by atoms with Gasteiger partial charge < -0.3 is 10.2 Å². The summed E-state index contributed by atoms with van der Waals surface area (Å²) in [5.41, 5.74) is -0.545. The fourth-order valence-corrected chi connectivity index (χ4v) is 8.90. The van der Waals surface area contributed by atoms with Gasteiger partial charge in [-0.3, -0.25) is 19.2 Å². The molecule has 0 bridgehead atoms. The van der Waals surface area contributed by atoms with E-state index in [4.69, 9.17) is 4.84 Å². The molecule has 4 aliphatic carbocycles. The number of benzene rings is 1. The first-order valence-electron chi connectivity index (χ1n) is 13.4. The van der Waals surface area contributed by atoms with Gasteiger partial charge in [-0.1, -0.05) is 61.9 Å². The summed E-state index contributed by atoms with van der Waals surface area (Å²) in [4.78, 5) is 45.3. The molecule has 1 aromatic rings. The van der Waals surface area contributed by atoms with Crippen LogP contribution in [0.15, 0.2) is 54.1 Å². The minimum absolute atomic E-state index is 0.0640. The zero-order valence-corrected chi connectivity index (χ0v) is 21.4. The normalized spacial score (nSPS) is 41.9. The number of Topliss-reactive ketones (excluding diaryl/α,β-unsaturated/α-hetero) is 1. The van der Waals surface area contributed by atoms with Gasteiger partial charge in [-0.05, 0) is 42.7 Å². The van der Waals surface area contributed by atoms with Gasteiger partial charge in [0.2, 0.25) is 0 Å². The third-order valence-electron chi connectivity index (χ3n) is 10.5. The van der Waals surface area contributed by atoms with E-state index in [0.29, 0.717) is 25.8 Å². The number of carbonyl (C=O) groups is 3. The Kier molecular flexibility index (Phi) is 5.64. The SMILES string of the molecule is C[C@]12C=CC(=O)CC1=CC[C@@H]1[C@@H]2[C@@H](O)C[C@@]2(C)[C@H]1C[C@H]1CN(C(=O)Cc3ccccc3)O[C@]12C(=O)CO. The summed E-state index contributed by atoms with van der Waals surface area (Å²) in [5.74, 6) is -0.673. The van der Waals surface area contributed by atoms with Gasteiger partial charge >= 0.3 is 0 Å². The number of aliphatic hydroxyl groups excluding tert-OH is 2. The van der Waals surface area contributed by atoms with Gasteiger partial charge in [-0.15, -0.1) is 0 Å². The van der Waals surface area contributed by atoms with E-state index >= 15 is 0 Å². The lowest BCUT2D eigenvalue weighted by atomic mass is 9.47. The van der Waals surface area contributed by atoms with Crippen LogP contribution in [0.5, 0.6) is 0 Å². The molecule has 7 nitrogen and oxygen atoms in total. The third-order valence-corrected chi connectivity index (χ3v) is 10.5. The van der Waals surface area contributed by atoms with E-state index in [0.717, 1.165) is 17.6 Å². The maximum atomic E-state index is 13.5. The molecule has 8 atom stereocenters. The molecule has 3 fully saturated rings. The maximum Gasteiger partial charge on any atom is 0.250 e. The molecular weight excluding hydrogens is 470 g/mol. The molecule has 7 heteroatoms. The number of hydrogen-bond acceptors (Lipinski definition) is 6. The van der Waals surface area contributed by atoms with Crippen LogP contribution in [-0.2, 0) is 25.6 Å². The zero-order valence-electron chi connectivity index (χ0n) is 21.4. The molecule has 0 aromatic heterocycles. The highest BCUT2D eigenvalue weighted by Gasteiger charge is 2.75. The van der Waals surface area contributed by atoms with Crippen LogP contribution in [0.1, 0.15) is 45.1 Å². The van der Waals surface area contributed by atoms with Crippen LogP contribution >= 0.6 is 0 Å². The number of amides is 1. The molecule has 196 valence electrons. The second-order valence-electron chi connectivity index (χ2n) is 12.2. The molecule has 1 aromatic carbocycles. The van der Waals surface area contributed by atoms with E-state index < -0.39 is 34.9 Å². The van der Waals surface area contributed by atoms with Gasteiger partial charge in [0.15, 0.2) is 17.2 Å². The van der Waals surface area contributed by atoms with Crippen LogP contribution in [0.2, 0.25) is 0 Å². The number of fused-ring (bicyclic) bond motifs is 7. The van der Waals surface area contributed by atoms with Crippen molar-refractivity contribution in [3.8, 4) is 0 Å². The summed E-state index contributed by atoms with van der Waals surface area (Å²) in [7, 11) is 0. The number of hydrogen-bond donors (Lipinski definition) is 2. The number of nitrogens with zero attached hydrogens (tertiary/aromatic N) is 1. The predicted molar refractivity (Wildman–Crippen MR) is 135 cm³/mol. The summed E-state index contributed by atoms with van der Waals surface area (Å²) in [6.45, 7) is 3.76. The average Bonchev–Trinajstić information content (AvgIpc) is 3.37. The van der Waals surface area contributed by atoms with Crippen LogP contribution in [-0.4, -0.2) is 57.6 Å². The number of allylic oxidation sites excluding steroid dienone is 4. The molecule has 37 heavy (non-hydrogen) atoms. The lowest BCUT2D eigenvalue weighted by molar-refractivity contribution is -0.245. The van der Waals surface area contributed by atoms with E-state index in [9.17, 15) is 24.6 Å². The average molecular weight is 506 g/mol. The fourth-order valence-electron chi connectivity index (χ4n) is 8.90. The standard InChI is InChI=1S/C30H35NO6/c1-28-11-10-21(33)13-19(28)8-9-22-23-14-20-16-31(26(36)12-18-6-4-3-5-7-18)37-30(20,25(35)17-32)29(23,2)15-24(34)27(22)28/h3-8,10-11,20,22-24,27,32,34H,9,12-17H2,1-2H3/t20-,22-,23-,24-,27+,28-,29-,30-/m0/s1. The van der Waals surface area contributed by atoms with Crippen molar-refractivity contribution in [3.05, 3.63) is 59.7 Å². The van der Waals surface area contributed by atoms with E-state index in [-0.39, 0.29) is 41.8 Å². The molecule has 6 rings (SSSR count). The van der Waals surface area contributed by atoms with Crippen molar-refractivity contribution < 1.29 is 29.4 Å². The molecular formula is C30H35NO6. The fraction of sp³-hybridized carbons (Fsp3) is 0.567. The molecule has 5 aliphatic rings. The number of hydroxylamine groups is 2. The van der Waals surface area contributed by atoms with Crippen molar-refractivity contribution in [2.45, 2.75) is 57.7 Å². The highest BCUT2D eigenvalue weighted by molar-refractivity contribution is 5.93. The van der Waals surface area contributed by atoms with Crippen molar-refractivity contribution in [1.29, 1.82) is 0 Å². The minimum Gasteiger partial charge on any atom is -0.393 e. The topological polar surface area (TPSA) is 104 Å². The summed E-state index contributed by atoms with van der Waals surface area (Å²) < 4.78 is 0. The van der Waals surface area contributed by atoms with Gasteiger partial charge in [0, 0.05) is 29.1 Å². The number of ketones is 2. The number of carbonyl (C=O) groups excluding carboxylic acids is 3. The van der Waals surface area contributed by atoms with Gasteiger partial charge in [0.1, 0.15) is 6.61 Å². The minimum atomic E-state index is -1.35. The van der Waals surface area contributed by atoms with Crippen LogP contribution in [0.25, 0.3) is 0 Å². The molecule has 1 heterocycles. The summed E-state index contributed by atoms with van der Waals surface area (Å²) in [6, 6.07) is 9.43. The Labute approximate surface area is 217 Å². The van der Waals surface area contributed by atoms with Crippen LogP contribution in [0, 0.1) is 34.5 Å². The van der Waals surface area contributed by atoms with Crippen LogP contribution in [0.3, 0.4) is 0 Å². The van der Waals surface area contributed by atoms with E-state index in [2.05, 4.69) is 13.0 Å². The molecule has 2 saturated carbocycles. The quantitative estimate of drug-likeness (QED) is 0.610. The first-order valence-corrected chi connectivity index (χ1v) is 13.4. The highest BCUT2D eigenvalue weighted by Crippen LogP contribution is 2.70. The summed E-state index contributed by atoms with van der Waals surface area (Å²) in [5, 5.41) is 23.1. The summed E-state index contributed by atoms with van der Waals surface area (Å²) >= 11 is 0. The van der Waals surface area contributed by atoms with Gasteiger partial charge in [-0.2, -0.15) is 0 Å². The van der Waals surface area contributed by atoms with Crippen molar-refractivity contribution in [3.63, 3.8) is 0 Å². The Balaban J connectivity index is 1.34. The van der Waals surface area contributed by atoms with E-state index in [1.54, 1.807) is 6.08 Å². The van der Waals surface area contributed by atoms with Crippen LogP contribution in [0.4, 0.5) is 0 Å². The van der Waals surface area contributed by atoms with Crippen LogP contribution < -0.4 is 0 Å². The Morgan fingerprint density at radius 1 is 1.19 bits per heavy atom. The maximum absolute atomic E-state index is 13.5. The predicted octanol–water partition coefficient (Wildman–Crippen LogP) is 2.81. The first kappa shape index (κ1) is 24.7. The second kappa shape index (κ2) is 8.45. The lowest BCUT2D eigenvalue weighted by Gasteiger charge is -2.59. The van der Waals surface area contributed by atoms with Crippen molar-refractivity contribution in [2.24, 2.45) is 34.5 Å². The van der Waals surface area contributed by atoms with Gasteiger partial charge in [0.05, 0.1) is 19.1 Å². The monoisotopic (exact) mass is 505 g/mol. The Morgan fingerprint density at radius 2 is 1.95 bits per heavy atom. The smallest absolute Gasteiger partial charge is 0.250 e. The summed E-state index contributed by atoms with van der Waals surface area (Å²) in [6.07, 6.45) is 7.41. The van der Waals surface area contributed by atoms with E-state index in [1.165, 1.54) is 5.06 Å².